The highest BCUT2D eigenvalue weighted by Gasteiger charge is 2.12. The molecular weight excluding hydrogens is 248 g/mol. The molecule has 0 atom stereocenters. The largest absolute Gasteiger partial charge is 0.481 e. The molecule has 0 saturated heterocycles. The van der Waals surface area contributed by atoms with E-state index in [4.69, 9.17) is 16.1 Å². The van der Waals surface area contributed by atoms with Gasteiger partial charge in [0.05, 0.1) is 12.0 Å². The molecule has 3 N–H and O–H groups in total. The van der Waals surface area contributed by atoms with Crippen molar-refractivity contribution in [3.8, 4) is 6.07 Å². The van der Waals surface area contributed by atoms with E-state index < -0.39 is 5.97 Å². The second kappa shape index (κ2) is 4.11. The Morgan fingerprint density at radius 3 is 2.79 bits per heavy atom. The van der Waals surface area contributed by atoms with Gasteiger partial charge in [-0.15, -0.1) is 0 Å². The molecule has 0 aliphatic rings. The summed E-state index contributed by atoms with van der Waals surface area (Å²) in [6, 6.07) is 5.09. The molecule has 72 valence electrons. The third-order valence-corrected chi connectivity index (χ3v) is 2.47. The number of carbonyl (C=O) groups is 1. The summed E-state index contributed by atoms with van der Waals surface area (Å²) in [5.74, 6) is -0.993. The van der Waals surface area contributed by atoms with Crippen molar-refractivity contribution in [1.82, 2.24) is 0 Å². The molecule has 0 heterocycles. The molecule has 1 rings (SSSR count). The maximum absolute atomic E-state index is 10.5. The van der Waals surface area contributed by atoms with Gasteiger partial charge < -0.3 is 10.8 Å². The van der Waals surface area contributed by atoms with Gasteiger partial charge in [-0.25, -0.2) is 0 Å². The number of hydrogen-bond acceptors (Lipinski definition) is 3. The zero-order chi connectivity index (χ0) is 10.7. The molecule has 0 saturated carbocycles. The predicted molar refractivity (Wildman–Crippen MR) is 54.6 cm³/mol. The molecular formula is C9H7BrN2O2. The van der Waals surface area contributed by atoms with Crippen LogP contribution >= 0.6 is 15.9 Å². The first-order valence-electron chi connectivity index (χ1n) is 3.75. The van der Waals surface area contributed by atoms with Crippen LogP contribution in [-0.4, -0.2) is 11.1 Å². The lowest BCUT2D eigenvalue weighted by Gasteiger charge is -2.06. The average molecular weight is 255 g/mol. The number of nitrogens with two attached hydrogens (primary N) is 1. The van der Waals surface area contributed by atoms with Gasteiger partial charge in [-0.05, 0) is 17.7 Å². The number of nitrogens with zero attached hydrogens (tertiary/aromatic N) is 1. The van der Waals surface area contributed by atoms with E-state index in [0.717, 1.165) is 0 Å². The van der Waals surface area contributed by atoms with Crippen LogP contribution in [0.25, 0.3) is 0 Å². The number of rotatable bonds is 2. The number of carboxylic acids is 1. The van der Waals surface area contributed by atoms with Crippen molar-refractivity contribution >= 4 is 27.6 Å². The van der Waals surface area contributed by atoms with Gasteiger partial charge in [0.2, 0.25) is 0 Å². The van der Waals surface area contributed by atoms with Crippen LogP contribution in [-0.2, 0) is 11.2 Å². The zero-order valence-corrected chi connectivity index (χ0v) is 8.71. The second-order valence-electron chi connectivity index (χ2n) is 2.67. The zero-order valence-electron chi connectivity index (χ0n) is 7.12. The van der Waals surface area contributed by atoms with E-state index in [-0.39, 0.29) is 12.0 Å². The van der Waals surface area contributed by atoms with Crippen molar-refractivity contribution in [2.75, 3.05) is 5.73 Å². The van der Waals surface area contributed by atoms with E-state index >= 15 is 0 Å². The van der Waals surface area contributed by atoms with Gasteiger partial charge in [-0.2, -0.15) is 5.26 Å². The molecule has 0 aliphatic carbocycles. The number of nitrogen functional groups attached to an aromatic ring is 1. The second-order valence-corrected chi connectivity index (χ2v) is 3.53. The molecule has 1 aromatic rings. The van der Waals surface area contributed by atoms with Crippen LogP contribution in [0.1, 0.15) is 11.1 Å². The number of anilines is 1. The Kier molecular flexibility index (Phi) is 3.10. The number of nitriles is 1. The van der Waals surface area contributed by atoms with E-state index in [1.807, 2.05) is 6.07 Å². The molecule has 0 fully saturated rings. The minimum absolute atomic E-state index is 0.214. The minimum atomic E-state index is -0.993. The lowest BCUT2D eigenvalue weighted by molar-refractivity contribution is -0.136. The van der Waals surface area contributed by atoms with Crippen molar-refractivity contribution in [3.05, 3.63) is 27.7 Å². The Morgan fingerprint density at radius 1 is 1.64 bits per heavy atom. The summed E-state index contributed by atoms with van der Waals surface area (Å²) in [7, 11) is 0. The van der Waals surface area contributed by atoms with Crippen LogP contribution in [0.3, 0.4) is 0 Å². The first-order chi connectivity index (χ1) is 6.56. The van der Waals surface area contributed by atoms with E-state index in [9.17, 15) is 4.79 Å². The molecule has 1 aromatic carbocycles. The maximum Gasteiger partial charge on any atom is 0.307 e. The molecule has 4 nitrogen and oxygen atoms in total. The van der Waals surface area contributed by atoms with Crippen LogP contribution in [0.5, 0.6) is 0 Å². The molecule has 5 heteroatoms. The Balaban J connectivity index is 3.31. The number of aliphatic carboxylic acids is 1. The van der Waals surface area contributed by atoms with Crippen molar-refractivity contribution in [1.29, 1.82) is 5.26 Å². The standard InChI is InChI=1S/C9H7BrN2O2/c10-7-1-2-8(12)6(4-11)5(7)3-9(13)14/h1-2H,3,12H2,(H,13,14). The third kappa shape index (κ3) is 2.03. The third-order valence-electron chi connectivity index (χ3n) is 1.73. The van der Waals surface area contributed by atoms with Gasteiger partial charge in [0.1, 0.15) is 6.07 Å². The lowest BCUT2D eigenvalue weighted by atomic mass is 10.0. The molecule has 0 amide bonds. The Hall–Kier alpha value is -1.54. The van der Waals surface area contributed by atoms with E-state index in [0.29, 0.717) is 15.7 Å². The van der Waals surface area contributed by atoms with Crippen LogP contribution in [0.15, 0.2) is 16.6 Å². The van der Waals surface area contributed by atoms with E-state index in [1.165, 1.54) is 0 Å². The van der Waals surface area contributed by atoms with Crippen LogP contribution in [0.4, 0.5) is 5.69 Å². The highest BCUT2D eigenvalue weighted by molar-refractivity contribution is 9.10. The summed E-state index contributed by atoms with van der Waals surface area (Å²) in [5, 5.41) is 17.4. The van der Waals surface area contributed by atoms with E-state index in [1.54, 1.807) is 12.1 Å². The van der Waals surface area contributed by atoms with Gasteiger partial charge in [-0.3, -0.25) is 4.79 Å². The summed E-state index contributed by atoms with van der Waals surface area (Å²) in [6.07, 6.45) is -0.214. The Morgan fingerprint density at radius 2 is 2.29 bits per heavy atom. The summed E-state index contributed by atoms with van der Waals surface area (Å²) in [4.78, 5) is 10.5. The maximum atomic E-state index is 10.5. The normalized spacial score (nSPS) is 9.43. The van der Waals surface area contributed by atoms with Gasteiger partial charge in [0, 0.05) is 10.2 Å². The molecule has 0 aliphatic heterocycles. The van der Waals surface area contributed by atoms with Crippen molar-refractivity contribution in [2.45, 2.75) is 6.42 Å². The average Bonchev–Trinajstić information content (AvgIpc) is 2.11. The fraction of sp³-hybridized carbons (Fsp3) is 0.111. The highest BCUT2D eigenvalue weighted by atomic mass is 79.9. The SMILES string of the molecule is N#Cc1c(N)ccc(Br)c1CC(=O)O. The van der Waals surface area contributed by atoms with Crippen LogP contribution in [0.2, 0.25) is 0 Å². The number of halogens is 1. The van der Waals surface area contributed by atoms with Crippen molar-refractivity contribution < 1.29 is 9.90 Å². The Bertz CT molecular complexity index is 424. The Labute approximate surface area is 89.1 Å². The summed E-state index contributed by atoms with van der Waals surface area (Å²) in [6.45, 7) is 0. The van der Waals surface area contributed by atoms with Gasteiger partial charge in [0.25, 0.3) is 0 Å². The van der Waals surface area contributed by atoms with Crippen molar-refractivity contribution in [3.63, 3.8) is 0 Å². The molecule has 0 bridgehead atoms. The minimum Gasteiger partial charge on any atom is -0.481 e. The number of benzene rings is 1. The topological polar surface area (TPSA) is 87.1 Å². The molecule has 0 aromatic heterocycles. The number of hydrogen-bond donors (Lipinski definition) is 2. The molecule has 0 spiro atoms. The van der Waals surface area contributed by atoms with Gasteiger partial charge >= 0.3 is 5.97 Å². The summed E-state index contributed by atoms with van der Waals surface area (Å²) < 4.78 is 0.589. The molecule has 0 unspecified atom stereocenters. The first-order valence-corrected chi connectivity index (χ1v) is 4.54. The fourth-order valence-electron chi connectivity index (χ4n) is 1.10. The monoisotopic (exact) mass is 254 g/mol. The number of carboxylic acid groups (broad SMARTS) is 1. The highest BCUT2D eigenvalue weighted by Crippen LogP contribution is 2.25. The van der Waals surface area contributed by atoms with Gasteiger partial charge in [-0.1, -0.05) is 15.9 Å². The van der Waals surface area contributed by atoms with Crippen LogP contribution in [0, 0.1) is 11.3 Å². The van der Waals surface area contributed by atoms with Gasteiger partial charge in [0.15, 0.2) is 0 Å². The summed E-state index contributed by atoms with van der Waals surface area (Å²) in [5.41, 5.74) is 6.48. The van der Waals surface area contributed by atoms with Crippen LogP contribution < -0.4 is 5.73 Å². The smallest absolute Gasteiger partial charge is 0.307 e. The molecule has 0 radical (unpaired) electrons. The molecule has 14 heavy (non-hydrogen) atoms. The quantitative estimate of drug-likeness (QED) is 0.784. The van der Waals surface area contributed by atoms with Crippen molar-refractivity contribution in [2.24, 2.45) is 0 Å². The first kappa shape index (κ1) is 10.5. The summed E-state index contributed by atoms with van der Waals surface area (Å²) >= 11 is 3.18. The van der Waals surface area contributed by atoms with E-state index in [2.05, 4.69) is 15.9 Å². The predicted octanol–water partition coefficient (Wildman–Crippen LogP) is 1.53. The lowest BCUT2D eigenvalue weighted by Crippen LogP contribution is -2.05. The fourth-order valence-corrected chi connectivity index (χ4v) is 1.57.